The van der Waals surface area contributed by atoms with E-state index in [1.165, 1.54) is 353 Å². The molecule has 18 bridgehead atoms. The average Bonchev–Trinajstić information content (AvgIpc) is 0.826. The standard InChI is InChI=1S/C108H132/c1-4-7-10-13-16-19-22-25-28-31-34-37-40-43-49-91-76-94-61-58-88-52-46-55-103(79-88)98-66-72-101(73-67-98)107-83-93(51-45-42-39-36-33-30-27-24-21-18-15-12-9-6-3)78-96(87-107)63-60-90-54-48-57-105(81-90)99-68-74-102(75-69-99)108-84-92(50-44-41-38-35-32-29-26-23-20-17-14-11-8-5-2)77-95(86-108)62-59-89-53-47-56-104(80-89)97-64-70-100(71-65-97)106(82-91)85-94/h46-48,52-57,64-87H,4-45,49-51H2,1-3H3. The van der Waals surface area contributed by atoms with Gasteiger partial charge in [-0.1, -0.05) is 434 Å². The zero-order chi connectivity index (χ0) is 74.5. The topological polar surface area (TPSA) is 0 Å². The zero-order valence-corrected chi connectivity index (χ0v) is 67.4. The van der Waals surface area contributed by atoms with E-state index in [2.05, 4.69) is 256 Å². The maximum absolute atomic E-state index is 3.68. The van der Waals surface area contributed by atoms with Gasteiger partial charge in [-0.3, -0.25) is 0 Å². The van der Waals surface area contributed by atoms with E-state index < -0.39 is 0 Å². The SMILES string of the molecule is CCCCCCCCCCCCCCCCc1cc2cc(c1)-c1ccc(cc1)-c1cccc(c1)C#Cc1cc(CCCCCCCCCCCCCCCC)cc(c1)-c1ccc(cc1)-c1cccc(c1)C#Cc1cc(CCCCCCCCCCCCCCCC)cc(c1)-c1ccc(cc1)-c1cccc(c1)C#C2. The molecule has 0 heteroatoms. The van der Waals surface area contributed by atoms with Gasteiger partial charge >= 0.3 is 0 Å². The second-order valence-electron chi connectivity index (χ2n) is 32.0. The van der Waals surface area contributed by atoms with Crippen LogP contribution in [-0.4, -0.2) is 0 Å². The van der Waals surface area contributed by atoms with Crippen LogP contribution in [0, 0.1) is 35.5 Å². The summed E-state index contributed by atoms with van der Waals surface area (Å²) < 4.78 is 0. The van der Waals surface area contributed by atoms with E-state index in [1.807, 2.05) is 0 Å². The van der Waals surface area contributed by atoms with Crippen LogP contribution < -0.4 is 0 Å². The van der Waals surface area contributed by atoms with E-state index in [0.29, 0.717) is 0 Å². The van der Waals surface area contributed by atoms with Gasteiger partial charge in [0.15, 0.2) is 0 Å². The van der Waals surface area contributed by atoms with Gasteiger partial charge in [0.1, 0.15) is 0 Å². The lowest BCUT2D eigenvalue weighted by atomic mass is 9.94. The van der Waals surface area contributed by atoms with Crippen molar-refractivity contribution in [2.75, 3.05) is 0 Å². The van der Waals surface area contributed by atoms with Gasteiger partial charge in [-0.25, -0.2) is 0 Å². The molecule has 0 saturated heterocycles. The van der Waals surface area contributed by atoms with Gasteiger partial charge in [-0.05, 0) is 195 Å². The van der Waals surface area contributed by atoms with Crippen LogP contribution >= 0.6 is 0 Å². The lowest BCUT2D eigenvalue weighted by Crippen LogP contribution is -1.91. The molecule has 0 unspecified atom stereocenters. The summed E-state index contributed by atoms with van der Waals surface area (Å²) in [5, 5.41) is 0. The summed E-state index contributed by atoms with van der Waals surface area (Å²) in [4.78, 5) is 0. The minimum absolute atomic E-state index is 1.02. The Bertz CT molecular complexity index is 3810. The van der Waals surface area contributed by atoms with Crippen molar-refractivity contribution in [1.82, 2.24) is 0 Å². The van der Waals surface area contributed by atoms with Gasteiger partial charge in [0.2, 0.25) is 0 Å². The molecule has 0 atom stereocenters. The van der Waals surface area contributed by atoms with Crippen LogP contribution in [-0.2, 0) is 19.3 Å². The lowest BCUT2D eigenvalue weighted by molar-refractivity contribution is 0.535. The van der Waals surface area contributed by atoms with Crippen molar-refractivity contribution in [1.29, 1.82) is 0 Å². The molecule has 0 N–H and O–H groups in total. The van der Waals surface area contributed by atoms with Gasteiger partial charge in [0.25, 0.3) is 0 Å². The molecular weight excluding hydrogens is 1300 g/mol. The van der Waals surface area contributed by atoms with Gasteiger partial charge in [-0.2, -0.15) is 0 Å². The summed E-state index contributed by atoms with van der Waals surface area (Å²) in [6.45, 7) is 6.93. The number of hydrogen-bond donors (Lipinski definition) is 0. The third-order valence-corrected chi connectivity index (χ3v) is 22.7. The first-order chi connectivity index (χ1) is 53.4. The Morgan fingerprint density at radius 3 is 0.537 bits per heavy atom. The first-order valence-corrected chi connectivity index (χ1v) is 44.1. The summed E-state index contributed by atoms with van der Waals surface area (Å²) in [5.74, 6) is 22.0. The van der Waals surface area contributed by atoms with Crippen LogP contribution in [0.2, 0.25) is 0 Å². The molecule has 0 spiro atoms. The van der Waals surface area contributed by atoms with Crippen LogP contribution in [0.15, 0.2) is 200 Å². The smallest absolute Gasteiger partial charge is 0.0257 e. The molecular formula is C108H132. The molecule has 4 aliphatic carbocycles. The van der Waals surface area contributed by atoms with Crippen molar-refractivity contribution in [3.05, 3.63) is 250 Å². The van der Waals surface area contributed by atoms with Crippen molar-refractivity contribution in [3.63, 3.8) is 0 Å². The lowest BCUT2D eigenvalue weighted by Gasteiger charge is -2.10. The van der Waals surface area contributed by atoms with Crippen molar-refractivity contribution < 1.29 is 0 Å². The maximum Gasteiger partial charge on any atom is 0.0257 e. The molecule has 0 nitrogen and oxygen atoms in total. The number of unbranched alkanes of at least 4 members (excludes halogenated alkanes) is 39. The van der Waals surface area contributed by atoms with Gasteiger partial charge in [0, 0.05) is 33.4 Å². The second kappa shape index (κ2) is 48.9. The average molecular weight is 1430 g/mol. The Morgan fingerprint density at radius 1 is 0.148 bits per heavy atom. The van der Waals surface area contributed by atoms with Crippen LogP contribution in [0.4, 0.5) is 0 Å². The molecule has 9 aromatic rings. The van der Waals surface area contributed by atoms with Crippen LogP contribution in [0.3, 0.4) is 0 Å². The molecule has 0 heterocycles. The minimum atomic E-state index is 1.02. The van der Waals surface area contributed by atoms with E-state index in [0.717, 1.165) is 52.6 Å². The highest BCUT2D eigenvalue weighted by Crippen LogP contribution is 2.33. The summed E-state index contributed by atoms with van der Waals surface area (Å²) >= 11 is 0. The predicted molar refractivity (Wildman–Crippen MR) is 472 cm³/mol. The number of fused-ring (bicyclic) bond motifs is 3. The van der Waals surface area contributed by atoms with Gasteiger partial charge < -0.3 is 0 Å². The van der Waals surface area contributed by atoms with Gasteiger partial charge in [-0.15, -0.1) is 0 Å². The van der Waals surface area contributed by atoms with Gasteiger partial charge in [0.05, 0.1) is 0 Å². The molecule has 0 aliphatic heterocycles. The highest BCUT2D eigenvalue weighted by molar-refractivity contribution is 5.76. The Hall–Kier alpha value is -8.34. The van der Waals surface area contributed by atoms with Crippen molar-refractivity contribution in [2.45, 2.75) is 310 Å². The first kappa shape index (κ1) is 82.2. The molecule has 13 rings (SSSR count). The quantitative estimate of drug-likeness (QED) is 0.0264. The summed E-state index contributed by atoms with van der Waals surface area (Å²) in [7, 11) is 0. The molecule has 4 aliphatic rings. The van der Waals surface area contributed by atoms with Crippen molar-refractivity contribution in [2.24, 2.45) is 0 Å². The van der Waals surface area contributed by atoms with E-state index in [1.54, 1.807) is 0 Å². The minimum Gasteiger partial charge on any atom is -0.0654 e. The van der Waals surface area contributed by atoms with Crippen LogP contribution in [0.1, 0.15) is 341 Å². The van der Waals surface area contributed by atoms with E-state index in [4.69, 9.17) is 0 Å². The van der Waals surface area contributed by atoms with E-state index in [9.17, 15) is 0 Å². The number of hydrogen-bond acceptors (Lipinski definition) is 0. The molecule has 108 heavy (non-hydrogen) atoms. The zero-order valence-electron chi connectivity index (χ0n) is 67.4. The Balaban J connectivity index is 0.900. The number of aryl methyl sites for hydroxylation is 3. The number of benzene rings is 9. The molecule has 0 fully saturated rings. The fraction of sp³-hybridized carbons (Fsp3) is 0.444. The molecule has 0 saturated carbocycles. The molecule has 9 aromatic carbocycles. The van der Waals surface area contributed by atoms with Crippen LogP contribution in [0.25, 0.3) is 66.8 Å². The largest absolute Gasteiger partial charge is 0.0654 e. The Kier molecular flexibility index (Phi) is 37.2. The normalized spacial score (nSPS) is 11.5. The fourth-order valence-corrected chi connectivity index (χ4v) is 16.1. The third-order valence-electron chi connectivity index (χ3n) is 22.7. The fourth-order valence-electron chi connectivity index (χ4n) is 16.1. The third kappa shape index (κ3) is 29.9. The predicted octanol–water partition coefficient (Wildman–Crippen LogP) is 32.3. The molecule has 0 radical (unpaired) electrons. The molecule has 0 amide bonds. The van der Waals surface area contributed by atoms with E-state index >= 15 is 0 Å². The maximum atomic E-state index is 3.68. The monoisotopic (exact) mass is 1430 g/mol. The Morgan fingerprint density at radius 2 is 0.324 bits per heavy atom. The summed E-state index contributed by atoms with van der Waals surface area (Å²) in [6, 6.07) is 75.3. The first-order valence-electron chi connectivity index (χ1n) is 44.1. The Labute approximate surface area is 658 Å². The van der Waals surface area contributed by atoms with Crippen molar-refractivity contribution in [3.8, 4) is 102 Å². The second-order valence-corrected chi connectivity index (χ2v) is 32.0. The highest BCUT2D eigenvalue weighted by atomic mass is 14.2. The summed E-state index contributed by atoms with van der Waals surface area (Å²) in [5.41, 5.74) is 24.8. The van der Waals surface area contributed by atoms with E-state index in [-0.39, 0.29) is 0 Å². The summed E-state index contributed by atoms with van der Waals surface area (Å²) in [6.07, 6.45) is 60.5. The van der Waals surface area contributed by atoms with Crippen molar-refractivity contribution >= 4 is 0 Å². The molecule has 564 valence electrons. The van der Waals surface area contributed by atoms with Crippen LogP contribution in [0.5, 0.6) is 0 Å². The highest BCUT2D eigenvalue weighted by Gasteiger charge is 2.12. The molecule has 0 aromatic heterocycles. The number of rotatable bonds is 45.